The number of carboxylic acid groups (broad SMARTS) is 2. The minimum absolute atomic E-state index is 0.196. The molecule has 0 spiro atoms. The zero-order chi connectivity index (χ0) is 35.6. The largest absolute Gasteiger partial charge is 0.481 e. The third kappa shape index (κ3) is 8.49. The standard InChI is InChI=1S/C40H44N4O6/c1-3-23-43(25-27-15-19-31(20-16-27)41-29-11-7-5-8-12-29)37(45)33-34(36(40(49)50)35(33)39(47)48)38(46)44(24-4-2)26-28-17-21-32(22-18-28)42-30-13-9-6-10-14-30/h5-22,33-36,41-42H,3-4,23-26H2,1-2H3,(H,47,48)(H,49,50)/t33-,34-,35-,36-/m1/s1. The lowest BCUT2D eigenvalue weighted by Crippen LogP contribution is -2.64. The van der Waals surface area contributed by atoms with Crippen LogP contribution in [0.4, 0.5) is 22.7 Å². The smallest absolute Gasteiger partial charge is 0.308 e. The van der Waals surface area contributed by atoms with E-state index in [4.69, 9.17) is 0 Å². The fraction of sp³-hybridized carbons (Fsp3) is 0.300. The minimum atomic E-state index is -1.52. The zero-order valence-corrected chi connectivity index (χ0v) is 28.4. The molecule has 4 N–H and O–H groups in total. The van der Waals surface area contributed by atoms with Crippen LogP contribution in [0.3, 0.4) is 0 Å². The second-order valence-electron chi connectivity index (χ2n) is 12.7. The van der Waals surface area contributed by atoms with Crippen molar-refractivity contribution in [2.75, 3.05) is 23.7 Å². The number of nitrogens with one attached hydrogen (secondary N) is 2. The van der Waals surface area contributed by atoms with Crippen molar-refractivity contribution < 1.29 is 29.4 Å². The Kier molecular flexibility index (Phi) is 11.9. The highest BCUT2D eigenvalue weighted by Gasteiger charge is 2.64. The molecule has 4 aromatic rings. The Balaban J connectivity index is 1.35. The molecule has 0 radical (unpaired) electrons. The van der Waals surface area contributed by atoms with Crippen molar-refractivity contribution in [1.82, 2.24) is 9.80 Å². The summed E-state index contributed by atoms with van der Waals surface area (Å²) in [7, 11) is 0. The number of hydrogen-bond donors (Lipinski definition) is 4. The normalized spacial score (nSPS) is 18.0. The number of carboxylic acids is 2. The van der Waals surface area contributed by atoms with Crippen LogP contribution in [0.2, 0.25) is 0 Å². The number of aliphatic carboxylic acids is 2. The molecular weight excluding hydrogens is 632 g/mol. The van der Waals surface area contributed by atoms with Crippen LogP contribution in [0.25, 0.3) is 0 Å². The van der Waals surface area contributed by atoms with Gasteiger partial charge in [0.2, 0.25) is 11.8 Å². The molecule has 0 saturated heterocycles. The van der Waals surface area contributed by atoms with Crippen LogP contribution in [-0.4, -0.2) is 56.9 Å². The van der Waals surface area contributed by atoms with Gasteiger partial charge in [0.1, 0.15) is 0 Å². The monoisotopic (exact) mass is 676 g/mol. The van der Waals surface area contributed by atoms with Gasteiger partial charge in [-0.2, -0.15) is 0 Å². The molecule has 1 fully saturated rings. The molecule has 0 aromatic heterocycles. The van der Waals surface area contributed by atoms with Crippen LogP contribution < -0.4 is 10.6 Å². The van der Waals surface area contributed by atoms with Gasteiger partial charge in [-0.1, -0.05) is 74.5 Å². The van der Waals surface area contributed by atoms with Gasteiger partial charge < -0.3 is 30.6 Å². The van der Waals surface area contributed by atoms with Crippen molar-refractivity contribution in [2.45, 2.75) is 39.8 Å². The first-order valence-corrected chi connectivity index (χ1v) is 17.0. The molecule has 1 saturated carbocycles. The van der Waals surface area contributed by atoms with Crippen molar-refractivity contribution in [1.29, 1.82) is 0 Å². The van der Waals surface area contributed by atoms with Crippen molar-refractivity contribution in [3.8, 4) is 0 Å². The van der Waals surface area contributed by atoms with Gasteiger partial charge in [-0.3, -0.25) is 19.2 Å². The van der Waals surface area contributed by atoms with Crippen molar-refractivity contribution >= 4 is 46.5 Å². The highest BCUT2D eigenvalue weighted by molar-refractivity contribution is 5.99. The molecule has 10 nitrogen and oxygen atoms in total. The van der Waals surface area contributed by atoms with Gasteiger partial charge >= 0.3 is 11.9 Å². The Bertz CT molecular complexity index is 1620. The first-order chi connectivity index (χ1) is 24.2. The number of nitrogens with zero attached hydrogens (tertiary/aromatic N) is 2. The molecule has 50 heavy (non-hydrogen) atoms. The quantitative estimate of drug-likeness (QED) is 0.0996. The van der Waals surface area contributed by atoms with Crippen LogP contribution in [-0.2, 0) is 32.3 Å². The summed E-state index contributed by atoms with van der Waals surface area (Å²) >= 11 is 0. The van der Waals surface area contributed by atoms with Gasteiger partial charge in [-0.25, -0.2) is 0 Å². The van der Waals surface area contributed by atoms with Gasteiger partial charge in [0, 0.05) is 48.9 Å². The lowest BCUT2D eigenvalue weighted by atomic mass is 9.55. The second-order valence-corrected chi connectivity index (χ2v) is 12.7. The van der Waals surface area contributed by atoms with Gasteiger partial charge in [-0.05, 0) is 72.5 Å². The summed E-state index contributed by atoms with van der Waals surface area (Å²) in [5, 5.41) is 27.0. The van der Waals surface area contributed by atoms with Gasteiger partial charge in [0.15, 0.2) is 0 Å². The summed E-state index contributed by atoms with van der Waals surface area (Å²) in [6.07, 6.45) is 1.20. The summed E-state index contributed by atoms with van der Waals surface area (Å²) in [5.74, 6) is -9.46. The molecule has 1 aliphatic rings. The van der Waals surface area contributed by atoms with Crippen LogP contribution in [0, 0.1) is 23.7 Å². The molecule has 0 heterocycles. The highest BCUT2D eigenvalue weighted by atomic mass is 16.4. The van der Waals surface area contributed by atoms with E-state index in [1.165, 1.54) is 0 Å². The number of carbonyl (C=O) groups excluding carboxylic acids is 2. The van der Waals surface area contributed by atoms with Gasteiger partial charge in [-0.15, -0.1) is 0 Å². The van der Waals surface area contributed by atoms with E-state index in [1.54, 1.807) is 9.80 Å². The first kappa shape index (κ1) is 35.7. The lowest BCUT2D eigenvalue weighted by molar-refractivity contribution is -0.187. The van der Waals surface area contributed by atoms with E-state index in [2.05, 4.69) is 10.6 Å². The number of rotatable bonds is 16. The van der Waals surface area contributed by atoms with Crippen LogP contribution in [0.1, 0.15) is 37.8 Å². The highest BCUT2D eigenvalue weighted by Crippen LogP contribution is 2.49. The number of para-hydroxylation sites is 2. The number of anilines is 4. The number of carbonyl (C=O) groups is 4. The fourth-order valence-corrected chi connectivity index (χ4v) is 6.68. The number of hydrogen-bond acceptors (Lipinski definition) is 6. The van der Waals surface area contributed by atoms with E-state index in [9.17, 15) is 29.4 Å². The topological polar surface area (TPSA) is 139 Å². The molecule has 5 rings (SSSR count). The Morgan fingerprint density at radius 2 is 0.820 bits per heavy atom. The summed E-state index contributed by atoms with van der Waals surface area (Å²) in [6, 6.07) is 34.6. The third-order valence-electron chi connectivity index (χ3n) is 9.08. The van der Waals surface area contributed by atoms with Crippen LogP contribution in [0.5, 0.6) is 0 Å². The molecule has 10 heteroatoms. The Labute approximate surface area is 292 Å². The Hall–Kier alpha value is -5.64. The van der Waals surface area contributed by atoms with Gasteiger partial charge in [0.05, 0.1) is 23.7 Å². The second kappa shape index (κ2) is 16.6. The predicted octanol–water partition coefficient (Wildman–Crippen LogP) is 7.00. The van der Waals surface area contributed by atoms with E-state index >= 15 is 0 Å². The molecule has 4 aromatic carbocycles. The lowest BCUT2D eigenvalue weighted by Gasteiger charge is -2.48. The maximum absolute atomic E-state index is 14.2. The summed E-state index contributed by atoms with van der Waals surface area (Å²) in [6.45, 7) is 4.87. The molecule has 0 bridgehead atoms. The molecule has 260 valence electrons. The number of amides is 2. The molecule has 2 amide bonds. The molecular formula is C40H44N4O6. The van der Waals surface area contributed by atoms with E-state index < -0.39 is 47.4 Å². The number of benzene rings is 4. The van der Waals surface area contributed by atoms with Crippen LogP contribution >= 0.6 is 0 Å². The molecule has 0 unspecified atom stereocenters. The maximum atomic E-state index is 14.2. The average Bonchev–Trinajstić information content (AvgIpc) is 3.09. The Morgan fingerprint density at radius 1 is 0.500 bits per heavy atom. The van der Waals surface area contributed by atoms with E-state index in [0.29, 0.717) is 25.9 Å². The predicted molar refractivity (Wildman–Crippen MR) is 193 cm³/mol. The SMILES string of the molecule is CCCN(Cc1ccc(Nc2ccccc2)cc1)C(=O)[C@H]1[C@@H](C(=O)O)[C@H](C(=O)O)[C@@H]1C(=O)N(CCC)Cc1ccc(Nc2ccccc2)cc1. The third-order valence-corrected chi connectivity index (χ3v) is 9.08. The molecule has 4 atom stereocenters. The van der Waals surface area contributed by atoms with Crippen molar-refractivity contribution in [3.63, 3.8) is 0 Å². The van der Waals surface area contributed by atoms with E-state index in [-0.39, 0.29) is 13.1 Å². The minimum Gasteiger partial charge on any atom is -0.481 e. The molecule has 1 aliphatic carbocycles. The summed E-state index contributed by atoms with van der Waals surface area (Å²) in [4.78, 5) is 56.5. The van der Waals surface area contributed by atoms with E-state index in [0.717, 1.165) is 33.9 Å². The maximum Gasteiger partial charge on any atom is 0.308 e. The first-order valence-electron chi connectivity index (χ1n) is 17.0. The average molecular weight is 677 g/mol. The Morgan fingerprint density at radius 3 is 1.12 bits per heavy atom. The van der Waals surface area contributed by atoms with Crippen molar-refractivity contribution in [3.05, 3.63) is 120 Å². The van der Waals surface area contributed by atoms with E-state index in [1.807, 2.05) is 123 Å². The fourth-order valence-electron chi connectivity index (χ4n) is 6.68. The zero-order valence-electron chi connectivity index (χ0n) is 28.4. The van der Waals surface area contributed by atoms with Crippen LogP contribution in [0.15, 0.2) is 109 Å². The van der Waals surface area contributed by atoms with Gasteiger partial charge in [0.25, 0.3) is 0 Å². The summed E-state index contributed by atoms with van der Waals surface area (Å²) < 4.78 is 0. The van der Waals surface area contributed by atoms with Crippen molar-refractivity contribution in [2.24, 2.45) is 23.7 Å². The molecule has 0 aliphatic heterocycles. The summed E-state index contributed by atoms with van der Waals surface area (Å²) in [5.41, 5.74) is 5.26.